The molecule has 0 bridgehead atoms. The van der Waals surface area contributed by atoms with Gasteiger partial charge in [-0.3, -0.25) is 4.79 Å². The molecule has 1 aliphatic heterocycles. The highest BCUT2D eigenvalue weighted by Gasteiger charge is 2.25. The Morgan fingerprint density at radius 2 is 1.64 bits per heavy atom. The molecule has 1 amide bonds. The Morgan fingerprint density at radius 3 is 2.20 bits per heavy atom. The van der Waals surface area contributed by atoms with E-state index in [2.05, 4.69) is 32.0 Å². The molecule has 0 unspecified atom stereocenters. The molecule has 0 aliphatic carbocycles. The highest BCUT2D eigenvalue weighted by molar-refractivity contribution is 7.98. The first-order chi connectivity index (χ1) is 12.1. The molecule has 1 saturated heterocycles. The van der Waals surface area contributed by atoms with Gasteiger partial charge in [0.25, 0.3) is 5.91 Å². The van der Waals surface area contributed by atoms with Gasteiger partial charge in [0.15, 0.2) is 0 Å². The third-order valence-corrected chi connectivity index (χ3v) is 5.50. The van der Waals surface area contributed by atoms with E-state index in [1.807, 2.05) is 35.4 Å². The standard InChI is InChI=1S/C21H25NO2S/c1-15-5-4-6-16(2)20(15)24-18-11-13-22(14-12-18)21(23)17-7-9-19(25-3)10-8-17/h4-10,18H,11-14H2,1-3H3. The van der Waals surface area contributed by atoms with Gasteiger partial charge in [-0.05, 0) is 55.5 Å². The third-order valence-electron chi connectivity index (χ3n) is 4.76. The summed E-state index contributed by atoms with van der Waals surface area (Å²) in [6.07, 6.45) is 3.98. The summed E-state index contributed by atoms with van der Waals surface area (Å²) in [5.41, 5.74) is 3.12. The van der Waals surface area contributed by atoms with Crippen LogP contribution >= 0.6 is 11.8 Å². The SMILES string of the molecule is CSc1ccc(C(=O)N2CCC(Oc3c(C)cccc3C)CC2)cc1. The minimum Gasteiger partial charge on any atom is -0.490 e. The van der Waals surface area contributed by atoms with Crippen molar-refractivity contribution < 1.29 is 9.53 Å². The van der Waals surface area contributed by atoms with Crippen LogP contribution < -0.4 is 4.74 Å². The second kappa shape index (κ2) is 7.96. The van der Waals surface area contributed by atoms with Crippen molar-refractivity contribution in [3.63, 3.8) is 0 Å². The fourth-order valence-electron chi connectivity index (χ4n) is 3.24. The van der Waals surface area contributed by atoms with Crippen molar-refractivity contribution in [3.05, 3.63) is 59.2 Å². The molecule has 2 aromatic carbocycles. The monoisotopic (exact) mass is 355 g/mol. The van der Waals surface area contributed by atoms with Gasteiger partial charge in [0.1, 0.15) is 11.9 Å². The van der Waals surface area contributed by atoms with Crippen molar-refractivity contribution in [2.24, 2.45) is 0 Å². The van der Waals surface area contributed by atoms with Crippen LogP contribution in [-0.2, 0) is 0 Å². The lowest BCUT2D eigenvalue weighted by atomic mass is 10.1. The second-order valence-corrected chi connectivity index (χ2v) is 7.44. The summed E-state index contributed by atoms with van der Waals surface area (Å²) >= 11 is 1.69. The average Bonchev–Trinajstić information content (AvgIpc) is 2.65. The highest BCUT2D eigenvalue weighted by atomic mass is 32.2. The molecule has 132 valence electrons. The number of ether oxygens (including phenoxy) is 1. The predicted octanol–water partition coefficient (Wildman–Crippen LogP) is 4.71. The zero-order valence-corrected chi connectivity index (χ0v) is 15.9. The van der Waals surface area contributed by atoms with E-state index < -0.39 is 0 Å². The van der Waals surface area contributed by atoms with Crippen LogP contribution in [0.15, 0.2) is 47.4 Å². The zero-order valence-electron chi connectivity index (χ0n) is 15.1. The van der Waals surface area contributed by atoms with Crippen molar-refractivity contribution in [3.8, 4) is 5.75 Å². The van der Waals surface area contributed by atoms with Crippen molar-refractivity contribution >= 4 is 17.7 Å². The van der Waals surface area contributed by atoms with Crippen LogP contribution in [-0.4, -0.2) is 36.3 Å². The number of likely N-dealkylation sites (tertiary alicyclic amines) is 1. The van der Waals surface area contributed by atoms with E-state index in [9.17, 15) is 4.79 Å². The number of aryl methyl sites for hydroxylation is 2. The summed E-state index contributed by atoms with van der Waals surface area (Å²) < 4.78 is 6.24. The number of carbonyl (C=O) groups excluding carboxylic acids is 1. The summed E-state index contributed by atoms with van der Waals surface area (Å²) in [6.45, 7) is 5.66. The maximum absolute atomic E-state index is 12.7. The number of amides is 1. The lowest BCUT2D eigenvalue weighted by Gasteiger charge is -2.33. The molecule has 4 heteroatoms. The molecule has 25 heavy (non-hydrogen) atoms. The van der Waals surface area contributed by atoms with Gasteiger partial charge in [0.2, 0.25) is 0 Å². The van der Waals surface area contributed by atoms with E-state index in [4.69, 9.17) is 4.74 Å². The van der Waals surface area contributed by atoms with Crippen molar-refractivity contribution in [2.75, 3.05) is 19.3 Å². The molecule has 0 aromatic heterocycles. The largest absolute Gasteiger partial charge is 0.490 e. The smallest absolute Gasteiger partial charge is 0.253 e. The van der Waals surface area contributed by atoms with Gasteiger partial charge in [-0.1, -0.05) is 18.2 Å². The van der Waals surface area contributed by atoms with Crippen molar-refractivity contribution in [1.82, 2.24) is 4.90 Å². The number of thioether (sulfide) groups is 1. The molecule has 0 spiro atoms. The topological polar surface area (TPSA) is 29.5 Å². The first kappa shape index (κ1) is 17.9. The van der Waals surface area contributed by atoms with Crippen molar-refractivity contribution in [2.45, 2.75) is 37.7 Å². The number of hydrogen-bond donors (Lipinski definition) is 0. The minimum atomic E-state index is 0.123. The number of para-hydroxylation sites is 1. The molecule has 0 saturated carbocycles. The van der Waals surface area contributed by atoms with Crippen LogP contribution in [0.5, 0.6) is 5.75 Å². The van der Waals surface area contributed by atoms with Gasteiger partial charge in [-0.2, -0.15) is 0 Å². The first-order valence-electron chi connectivity index (χ1n) is 8.74. The molecule has 2 aromatic rings. The van der Waals surface area contributed by atoms with Crippen LogP contribution in [0.25, 0.3) is 0 Å². The van der Waals surface area contributed by atoms with E-state index in [0.717, 1.165) is 37.2 Å². The molecule has 0 atom stereocenters. The number of hydrogen-bond acceptors (Lipinski definition) is 3. The van der Waals surface area contributed by atoms with Gasteiger partial charge >= 0.3 is 0 Å². The molecule has 1 aliphatic rings. The predicted molar refractivity (Wildman–Crippen MR) is 104 cm³/mol. The van der Waals surface area contributed by atoms with Crippen LogP contribution in [0.2, 0.25) is 0 Å². The zero-order chi connectivity index (χ0) is 17.8. The molecule has 1 fully saturated rings. The normalized spacial score (nSPS) is 15.2. The number of piperidine rings is 1. The quantitative estimate of drug-likeness (QED) is 0.744. The van der Waals surface area contributed by atoms with Gasteiger partial charge in [0.05, 0.1) is 0 Å². The maximum Gasteiger partial charge on any atom is 0.253 e. The molecule has 0 N–H and O–H groups in total. The molecular formula is C21H25NO2S. The Balaban J connectivity index is 1.58. The summed E-state index contributed by atoms with van der Waals surface area (Å²) in [7, 11) is 0. The number of rotatable bonds is 4. The molecular weight excluding hydrogens is 330 g/mol. The maximum atomic E-state index is 12.7. The van der Waals surface area contributed by atoms with E-state index in [1.165, 1.54) is 16.0 Å². The number of carbonyl (C=O) groups is 1. The second-order valence-electron chi connectivity index (χ2n) is 6.56. The Hall–Kier alpha value is -1.94. The van der Waals surface area contributed by atoms with E-state index in [0.29, 0.717) is 0 Å². The Morgan fingerprint density at radius 1 is 1.04 bits per heavy atom. The first-order valence-corrected chi connectivity index (χ1v) is 9.97. The van der Waals surface area contributed by atoms with Crippen LogP contribution in [0.4, 0.5) is 0 Å². The molecule has 1 heterocycles. The van der Waals surface area contributed by atoms with E-state index in [1.54, 1.807) is 11.8 Å². The third kappa shape index (κ3) is 4.18. The van der Waals surface area contributed by atoms with Gasteiger partial charge < -0.3 is 9.64 Å². The van der Waals surface area contributed by atoms with Crippen LogP contribution in [0.1, 0.15) is 34.3 Å². The molecule has 0 radical (unpaired) electrons. The summed E-state index contributed by atoms with van der Waals surface area (Å²) in [5.74, 6) is 1.12. The minimum absolute atomic E-state index is 0.123. The Bertz CT molecular complexity index is 714. The van der Waals surface area contributed by atoms with Crippen LogP contribution in [0, 0.1) is 13.8 Å². The van der Waals surface area contributed by atoms with Gasteiger partial charge in [-0.15, -0.1) is 11.8 Å². The number of nitrogens with zero attached hydrogens (tertiary/aromatic N) is 1. The molecule has 3 rings (SSSR count). The lowest BCUT2D eigenvalue weighted by Crippen LogP contribution is -2.41. The average molecular weight is 356 g/mol. The van der Waals surface area contributed by atoms with Crippen LogP contribution in [0.3, 0.4) is 0 Å². The lowest BCUT2D eigenvalue weighted by molar-refractivity contribution is 0.0593. The fraction of sp³-hybridized carbons (Fsp3) is 0.381. The van der Waals surface area contributed by atoms with E-state index in [-0.39, 0.29) is 12.0 Å². The summed E-state index contributed by atoms with van der Waals surface area (Å²) in [5, 5.41) is 0. The Kier molecular flexibility index (Phi) is 5.69. The van der Waals surface area contributed by atoms with E-state index >= 15 is 0 Å². The number of benzene rings is 2. The van der Waals surface area contributed by atoms with Gasteiger partial charge in [0, 0.05) is 36.4 Å². The fourth-order valence-corrected chi connectivity index (χ4v) is 3.65. The van der Waals surface area contributed by atoms with Crippen molar-refractivity contribution in [1.29, 1.82) is 0 Å². The van der Waals surface area contributed by atoms with Gasteiger partial charge in [-0.25, -0.2) is 0 Å². The Labute approximate surface area is 154 Å². The summed E-state index contributed by atoms with van der Waals surface area (Å²) in [6, 6.07) is 14.1. The summed E-state index contributed by atoms with van der Waals surface area (Å²) in [4.78, 5) is 15.8. The molecule has 3 nitrogen and oxygen atoms in total. The highest BCUT2D eigenvalue weighted by Crippen LogP contribution is 2.27.